The van der Waals surface area contributed by atoms with E-state index in [2.05, 4.69) is 30.8 Å². The molecule has 0 aliphatic heterocycles. The number of aliphatic imine (C=N–C) groups is 1. The van der Waals surface area contributed by atoms with Gasteiger partial charge in [-0.05, 0) is 36.2 Å². The van der Waals surface area contributed by atoms with Crippen molar-refractivity contribution in [2.24, 2.45) is 4.99 Å². The number of hydrogen-bond donors (Lipinski definition) is 3. The van der Waals surface area contributed by atoms with Gasteiger partial charge in [0.05, 0.1) is 11.6 Å². The molecule has 1 unspecified atom stereocenters. The number of alkyl halides is 3. The van der Waals surface area contributed by atoms with E-state index in [1.54, 1.807) is 20.0 Å². The van der Waals surface area contributed by atoms with Crippen LogP contribution in [0.5, 0.6) is 0 Å². The highest BCUT2D eigenvalue weighted by Gasteiger charge is 2.30. The van der Waals surface area contributed by atoms with Crippen LogP contribution in [-0.2, 0) is 12.7 Å². The third kappa shape index (κ3) is 6.18. The number of aromatic nitrogens is 3. The molecular weight excluding hydrogens is 508 g/mol. The minimum Gasteiger partial charge on any atom is -0.352 e. The number of hydrogen-bond acceptors (Lipinski definition) is 3. The van der Waals surface area contributed by atoms with Crippen LogP contribution in [0.3, 0.4) is 0 Å². The van der Waals surface area contributed by atoms with Crippen molar-refractivity contribution in [3.63, 3.8) is 0 Å². The molecule has 3 N–H and O–H groups in total. The zero-order valence-corrected chi connectivity index (χ0v) is 18.7. The molecule has 0 amide bonds. The van der Waals surface area contributed by atoms with E-state index in [4.69, 9.17) is 0 Å². The van der Waals surface area contributed by atoms with E-state index in [1.165, 1.54) is 12.4 Å². The molecule has 0 aliphatic carbocycles. The first-order valence-corrected chi connectivity index (χ1v) is 8.96. The molecule has 0 saturated carbocycles. The van der Waals surface area contributed by atoms with Crippen molar-refractivity contribution in [3.05, 3.63) is 71.5 Å². The lowest BCUT2D eigenvalue weighted by Crippen LogP contribution is -2.38. The summed E-state index contributed by atoms with van der Waals surface area (Å²) >= 11 is 0. The third-order valence-electron chi connectivity index (χ3n) is 4.37. The molecular formula is C20H22F3IN6. The molecule has 0 radical (unpaired) electrons. The van der Waals surface area contributed by atoms with Crippen molar-refractivity contribution in [3.8, 4) is 11.4 Å². The van der Waals surface area contributed by atoms with Gasteiger partial charge in [-0.25, -0.2) is 4.98 Å². The summed E-state index contributed by atoms with van der Waals surface area (Å²) in [4.78, 5) is 8.29. The molecule has 0 bridgehead atoms. The first kappa shape index (κ1) is 23.6. The Labute approximate surface area is 189 Å². The molecule has 160 valence electrons. The zero-order valence-electron chi connectivity index (χ0n) is 16.4. The Morgan fingerprint density at radius 1 is 1.17 bits per heavy atom. The Bertz CT molecular complexity index is 973. The van der Waals surface area contributed by atoms with E-state index >= 15 is 0 Å². The van der Waals surface area contributed by atoms with Crippen molar-refractivity contribution in [1.82, 2.24) is 25.8 Å². The van der Waals surface area contributed by atoms with E-state index < -0.39 is 11.7 Å². The second-order valence-electron chi connectivity index (χ2n) is 6.45. The molecule has 10 heteroatoms. The van der Waals surface area contributed by atoms with Crippen molar-refractivity contribution in [2.75, 3.05) is 7.05 Å². The van der Waals surface area contributed by atoms with Crippen molar-refractivity contribution in [1.29, 1.82) is 0 Å². The van der Waals surface area contributed by atoms with Crippen molar-refractivity contribution >= 4 is 29.9 Å². The molecule has 2 aromatic carbocycles. The molecule has 3 rings (SSSR count). The Balaban J connectivity index is 0.00000320. The maximum atomic E-state index is 12.9. The van der Waals surface area contributed by atoms with Gasteiger partial charge in [0.15, 0.2) is 11.8 Å². The summed E-state index contributed by atoms with van der Waals surface area (Å²) in [5, 5.41) is 13.0. The monoisotopic (exact) mass is 530 g/mol. The number of aromatic amines is 1. The lowest BCUT2D eigenvalue weighted by Gasteiger charge is -2.19. The number of nitrogens with zero attached hydrogens (tertiary/aromatic N) is 3. The minimum atomic E-state index is -4.37. The van der Waals surface area contributed by atoms with Crippen LogP contribution >= 0.6 is 24.0 Å². The van der Waals surface area contributed by atoms with Crippen molar-refractivity contribution < 1.29 is 13.2 Å². The molecule has 1 aromatic heterocycles. The normalized spacial score (nSPS) is 12.8. The van der Waals surface area contributed by atoms with E-state index in [9.17, 15) is 13.2 Å². The van der Waals surface area contributed by atoms with Gasteiger partial charge in [0.25, 0.3) is 0 Å². The summed E-state index contributed by atoms with van der Waals surface area (Å²) in [6.07, 6.45) is -2.93. The zero-order chi connectivity index (χ0) is 20.9. The molecule has 30 heavy (non-hydrogen) atoms. The average molecular weight is 530 g/mol. The quantitative estimate of drug-likeness (QED) is 0.257. The average Bonchev–Trinajstić information content (AvgIpc) is 3.25. The van der Waals surface area contributed by atoms with Crippen LogP contribution in [0, 0.1) is 0 Å². The van der Waals surface area contributed by atoms with Gasteiger partial charge in [0.2, 0.25) is 0 Å². The summed E-state index contributed by atoms with van der Waals surface area (Å²) in [5.74, 6) is 1.16. The van der Waals surface area contributed by atoms with Crippen LogP contribution in [0.2, 0.25) is 0 Å². The van der Waals surface area contributed by atoms with Gasteiger partial charge in [-0.15, -0.1) is 24.0 Å². The maximum absolute atomic E-state index is 12.9. The number of guanidine groups is 1. The number of halogens is 4. The van der Waals surface area contributed by atoms with E-state index in [1.807, 2.05) is 24.3 Å². The summed E-state index contributed by atoms with van der Waals surface area (Å²) in [6.45, 7) is 2.27. The Morgan fingerprint density at radius 2 is 1.93 bits per heavy atom. The molecule has 1 atom stereocenters. The summed E-state index contributed by atoms with van der Waals surface area (Å²) in [7, 11) is 1.61. The fourth-order valence-electron chi connectivity index (χ4n) is 2.83. The smallest absolute Gasteiger partial charge is 0.352 e. The number of nitrogens with one attached hydrogen (secondary N) is 3. The summed E-state index contributed by atoms with van der Waals surface area (Å²) < 4.78 is 38.8. The lowest BCUT2D eigenvalue weighted by molar-refractivity contribution is -0.137. The maximum Gasteiger partial charge on any atom is 0.416 e. The highest BCUT2D eigenvalue weighted by molar-refractivity contribution is 14.0. The lowest BCUT2D eigenvalue weighted by atomic mass is 10.1. The van der Waals surface area contributed by atoms with Gasteiger partial charge in [-0.2, -0.15) is 18.3 Å². The molecule has 0 aliphatic rings. The van der Waals surface area contributed by atoms with Crippen LogP contribution in [0.15, 0.2) is 59.9 Å². The topological polar surface area (TPSA) is 78.0 Å². The third-order valence-corrected chi connectivity index (χ3v) is 4.37. The van der Waals surface area contributed by atoms with Gasteiger partial charge < -0.3 is 10.6 Å². The molecule has 0 saturated heterocycles. The SMILES string of the molecule is CN=C(NCc1cccc(-c2ncn[nH]2)c1)NC(C)c1cccc(C(F)(F)F)c1.I. The minimum absolute atomic E-state index is 0. The van der Waals surface area contributed by atoms with E-state index in [-0.39, 0.29) is 30.0 Å². The number of benzene rings is 2. The highest BCUT2D eigenvalue weighted by Crippen LogP contribution is 2.30. The van der Waals surface area contributed by atoms with E-state index in [0.717, 1.165) is 23.3 Å². The number of H-pyrrole nitrogens is 1. The predicted molar refractivity (Wildman–Crippen MR) is 120 cm³/mol. The summed E-state index contributed by atoms with van der Waals surface area (Å²) in [5.41, 5.74) is 1.75. The van der Waals surface area contributed by atoms with Crippen LogP contribution in [-0.4, -0.2) is 28.2 Å². The molecule has 3 aromatic rings. The fraction of sp³-hybridized carbons (Fsp3) is 0.250. The largest absolute Gasteiger partial charge is 0.416 e. The Kier molecular flexibility index (Phi) is 8.21. The van der Waals surface area contributed by atoms with Crippen molar-refractivity contribution in [2.45, 2.75) is 25.7 Å². The molecule has 0 spiro atoms. The first-order chi connectivity index (χ1) is 13.9. The Hall–Kier alpha value is -2.63. The number of rotatable bonds is 5. The van der Waals surface area contributed by atoms with E-state index in [0.29, 0.717) is 23.9 Å². The van der Waals surface area contributed by atoms with Gasteiger partial charge in [0.1, 0.15) is 6.33 Å². The summed E-state index contributed by atoms with van der Waals surface area (Å²) in [6, 6.07) is 12.7. The molecule has 0 fully saturated rings. The second-order valence-corrected chi connectivity index (χ2v) is 6.45. The molecule has 6 nitrogen and oxygen atoms in total. The van der Waals surface area contributed by atoms with Gasteiger partial charge >= 0.3 is 6.18 Å². The first-order valence-electron chi connectivity index (χ1n) is 8.96. The second kappa shape index (κ2) is 10.4. The predicted octanol–water partition coefficient (Wildman–Crippen LogP) is 4.53. The standard InChI is InChI=1S/C20H21F3N6.HI/c1-13(15-6-4-8-17(10-15)20(21,22)23)28-19(24-2)25-11-14-5-3-7-16(9-14)18-26-12-27-29-18;/h3-10,12-13H,11H2,1-2H3,(H2,24,25,28)(H,26,27,29);1H. The van der Waals surface area contributed by atoms with Crippen LogP contribution in [0.25, 0.3) is 11.4 Å². The van der Waals surface area contributed by atoms with Gasteiger partial charge in [-0.1, -0.05) is 30.3 Å². The van der Waals surface area contributed by atoms with Gasteiger partial charge in [0, 0.05) is 19.2 Å². The highest BCUT2D eigenvalue weighted by atomic mass is 127. The van der Waals surface area contributed by atoms with Crippen LogP contribution < -0.4 is 10.6 Å². The molecule has 1 heterocycles. The fourth-order valence-corrected chi connectivity index (χ4v) is 2.83. The van der Waals surface area contributed by atoms with Crippen LogP contribution in [0.4, 0.5) is 13.2 Å². The van der Waals surface area contributed by atoms with Crippen LogP contribution in [0.1, 0.15) is 29.7 Å². The van der Waals surface area contributed by atoms with Gasteiger partial charge in [-0.3, -0.25) is 10.1 Å². The Morgan fingerprint density at radius 3 is 2.60 bits per heavy atom.